The Morgan fingerprint density at radius 1 is 1.31 bits per heavy atom. The molecule has 1 unspecified atom stereocenters. The summed E-state index contributed by atoms with van der Waals surface area (Å²) >= 11 is 0. The van der Waals surface area contributed by atoms with Gasteiger partial charge < -0.3 is 20.9 Å². The van der Waals surface area contributed by atoms with Crippen molar-refractivity contribution in [1.29, 1.82) is 0 Å². The predicted molar refractivity (Wildman–Crippen MR) is 111 cm³/mol. The molecular weight excluding hydrogens is 423 g/mol. The standard InChI is InChI=1S/C21H21FN4O6/c1-11(27)31-10-18(28)16-6-12(8-25-20(16)24)15-4-2-13(7-17(15)22)26-9-14(32-21(26)30)3-5-19(23)29/h2,4,6-8,14H,3,5,9-10H2,1H3,(H2,23,29)(H2,24,25). The Morgan fingerprint density at radius 3 is 2.72 bits per heavy atom. The zero-order chi connectivity index (χ0) is 23.4. The van der Waals surface area contributed by atoms with E-state index in [0.717, 1.165) is 6.07 Å². The Labute approximate surface area is 182 Å². The second-order valence-corrected chi connectivity index (χ2v) is 7.15. The number of hydrogen-bond donors (Lipinski definition) is 2. The van der Waals surface area contributed by atoms with Crippen molar-refractivity contribution in [2.45, 2.75) is 25.9 Å². The quantitative estimate of drug-likeness (QED) is 0.461. The first-order chi connectivity index (χ1) is 15.2. The number of Topliss-reactive ketones (excluding diaryl/α,β-unsaturated/α-hetero) is 1. The summed E-state index contributed by atoms with van der Waals surface area (Å²) in [7, 11) is 0. The predicted octanol–water partition coefficient (Wildman–Crippen LogP) is 1.81. The Balaban J connectivity index is 1.80. The highest BCUT2D eigenvalue weighted by Crippen LogP contribution is 2.30. The summed E-state index contributed by atoms with van der Waals surface area (Å²) in [5, 5.41) is 0. The first-order valence-electron chi connectivity index (χ1n) is 9.64. The highest BCUT2D eigenvalue weighted by atomic mass is 19.1. The molecule has 10 nitrogen and oxygen atoms in total. The average Bonchev–Trinajstić information content (AvgIpc) is 3.11. The SMILES string of the molecule is CC(=O)OCC(=O)c1cc(-c2ccc(N3CC(CCC(N)=O)OC3=O)cc2F)cnc1N. The van der Waals surface area contributed by atoms with Gasteiger partial charge >= 0.3 is 12.1 Å². The van der Waals surface area contributed by atoms with E-state index in [1.165, 1.54) is 36.2 Å². The van der Waals surface area contributed by atoms with Crippen molar-refractivity contribution in [2.24, 2.45) is 5.73 Å². The minimum Gasteiger partial charge on any atom is -0.457 e. The number of primary amides is 1. The van der Waals surface area contributed by atoms with Crippen LogP contribution in [0.15, 0.2) is 30.5 Å². The maximum absolute atomic E-state index is 14.9. The van der Waals surface area contributed by atoms with Gasteiger partial charge in [0, 0.05) is 30.7 Å². The van der Waals surface area contributed by atoms with Crippen molar-refractivity contribution >= 4 is 35.3 Å². The monoisotopic (exact) mass is 444 g/mol. The van der Waals surface area contributed by atoms with E-state index in [0.29, 0.717) is 0 Å². The third kappa shape index (κ3) is 5.17. The number of rotatable bonds is 8. The number of hydrogen-bond acceptors (Lipinski definition) is 8. The van der Waals surface area contributed by atoms with Gasteiger partial charge in [0.25, 0.3) is 0 Å². The van der Waals surface area contributed by atoms with Crippen LogP contribution in [0.2, 0.25) is 0 Å². The molecular formula is C21H21FN4O6. The lowest BCUT2D eigenvalue weighted by Gasteiger charge is -2.15. The molecule has 11 heteroatoms. The number of amides is 2. The second kappa shape index (κ2) is 9.41. The molecule has 2 aromatic rings. The van der Waals surface area contributed by atoms with E-state index in [4.69, 9.17) is 16.2 Å². The maximum atomic E-state index is 14.9. The lowest BCUT2D eigenvalue weighted by molar-refractivity contribution is -0.139. The van der Waals surface area contributed by atoms with Crippen LogP contribution < -0.4 is 16.4 Å². The van der Waals surface area contributed by atoms with Crippen LogP contribution in [0.25, 0.3) is 11.1 Å². The molecule has 2 heterocycles. The first kappa shape index (κ1) is 22.7. The van der Waals surface area contributed by atoms with Gasteiger partial charge in [0.15, 0.2) is 6.61 Å². The molecule has 0 radical (unpaired) electrons. The molecule has 1 aromatic heterocycles. The van der Waals surface area contributed by atoms with E-state index in [9.17, 15) is 23.6 Å². The summed E-state index contributed by atoms with van der Waals surface area (Å²) in [5.41, 5.74) is 11.5. The molecule has 1 saturated heterocycles. The fourth-order valence-electron chi connectivity index (χ4n) is 3.18. The van der Waals surface area contributed by atoms with Gasteiger partial charge in [0.1, 0.15) is 17.7 Å². The lowest BCUT2D eigenvalue weighted by atomic mass is 10.0. The van der Waals surface area contributed by atoms with Gasteiger partial charge in [-0.3, -0.25) is 19.3 Å². The minimum atomic E-state index is -0.666. The summed E-state index contributed by atoms with van der Waals surface area (Å²) in [6.45, 7) is 0.807. The van der Waals surface area contributed by atoms with Gasteiger partial charge in [0.05, 0.1) is 17.8 Å². The van der Waals surface area contributed by atoms with Crippen LogP contribution >= 0.6 is 0 Å². The Kier molecular flexibility index (Phi) is 6.67. The van der Waals surface area contributed by atoms with E-state index in [2.05, 4.69) is 9.72 Å². The fourth-order valence-corrected chi connectivity index (χ4v) is 3.18. The third-order valence-corrected chi connectivity index (χ3v) is 4.79. The Hall–Kier alpha value is -4.02. The summed E-state index contributed by atoms with van der Waals surface area (Å²) in [6, 6.07) is 5.47. The number of ether oxygens (including phenoxy) is 2. The number of anilines is 2. The van der Waals surface area contributed by atoms with Crippen LogP contribution in [0.4, 0.5) is 20.7 Å². The van der Waals surface area contributed by atoms with E-state index in [1.807, 2.05) is 0 Å². The van der Waals surface area contributed by atoms with Crippen molar-refractivity contribution in [3.63, 3.8) is 0 Å². The topological polar surface area (TPSA) is 155 Å². The van der Waals surface area contributed by atoms with Crippen LogP contribution in [0.1, 0.15) is 30.1 Å². The van der Waals surface area contributed by atoms with Gasteiger partial charge in [0.2, 0.25) is 11.7 Å². The normalized spacial score (nSPS) is 15.4. The lowest BCUT2D eigenvalue weighted by Crippen LogP contribution is -2.25. The molecule has 1 fully saturated rings. The number of aromatic nitrogens is 1. The number of esters is 1. The molecule has 3 rings (SSSR count). The van der Waals surface area contributed by atoms with Crippen LogP contribution in [-0.4, -0.2) is 48.0 Å². The summed E-state index contributed by atoms with van der Waals surface area (Å²) in [4.78, 5) is 51.4. The fraction of sp³-hybridized carbons (Fsp3) is 0.286. The van der Waals surface area contributed by atoms with Gasteiger partial charge in [-0.1, -0.05) is 0 Å². The molecule has 1 aliphatic heterocycles. The molecule has 0 saturated carbocycles. The van der Waals surface area contributed by atoms with Crippen molar-refractivity contribution in [3.8, 4) is 11.1 Å². The number of cyclic esters (lactones) is 1. The van der Waals surface area contributed by atoms with Crippen molar-refractivity contribution in [1.82, 2.24) is 4.98 Å². The number of ketones is 1. The first-order valence-corrected chi connectivity index (χ1v) is 9.64. The van der Waals surface area contributed by atoms with Crippen LogP contribution in [0.5, 0.6) is 0 Å². The van der Waals surface area contributed by atoms with Crippen molar-refractivity contribution in [2.75, 3.05) is 23.8 Å². The molecule has 1 atom stereocenters. The Morgan fingerprint density at radius 2 is 2.06 bits per heavy atom. The number of nitrogens with two attached hydrogens (primary N) is 2. The van der Waals surface area contributed by atoms with E-state index < -0.39 is 42.3 Å². The smallest absolute Gasteiger partial charge is 0.414 e. The van der Waals surface area contributed by atoms with Crippen molar-refractivity contribution < 1.29 is 33.0 Å². The molecule has 1 aliphatic rings. The zero-order valence-corrected chi connectivity index (χ0v) is 17.2. The highest BCUT2D eigenvalue weighted by molar-refractivity contribution is 6.02. The van der Waals surface area contributed by atoms with Gasteiger partial charge in [-0.25, -0.2) is 14.2 Å². The molecule has 32 heavy (non-hydrogen) atoms. The summed E-state index contributed by atoms with van der Waals surface area (Å²) < 4.78 is 24.8. The number of pyridine rings is 1. The molecule has 0 aliphatic carbocycles. The number of nitrogens with zero attached hydrogens (tertiary/aromatic N) is 2. The van der Waals surface area contributed by atoms with Crippen molar-refractivity contribution in [3.05, 3.63) is 41.8 Å². The number of carbonyl (C=O) groups is 4. The Bertz CT molecular complexity index is 1090. The highest BCUT2D eigenvalue weighted by Gasteiger charge is 2.32. The molecule has 168 valence electrons. The zero-order valence-electron chi connectivity index (χ0n) is 17.2. The van der Waals surface area contributed by atoms with Crippen LogP contribution in [0, 0.1) is 5.82 Å². The van der Waals surface area contributed by atoms with Gasteiger partial charge in [-0.2, -0.15) is 0 Å². The maximum Gasteiger partial charge on any atom is 0.414 e. The van der Waals surface area contributed by atoms with Crippen LogP contribution in [-0.2, 0) is 19.1 Å². The van der Waals surface area contributed by atoms with E-state index >= 15 is 0 Å². The van der Waals surface area contributed by atoms with E-state index in [1.54, 1.807) is 0 Å². The second-order valence-electron chi connectivity index (χ2n) is 7.15. The molecule has 4 N–H and O–H groups in total. The van der Waals surface area contributed by atoms with E-state index in [-0.39, 0.29) is 47.6 Å². The van der Waals surface area contributed by atoms with Crippen LogP contribution in [0.3, 0.4) is 0 Å². The minimum absolute atomic E-state index is 0.00681. The number of nitrogen functional groups attached to an aromatic ring is 1. The summed E-state index contributed by atoms with van der Waals surface area (Å²) in [5.74, 6) is -2.45. The average molecular weight is 444 g/mol. The molecule has 2 amide bonds. The molecule has 0 spiro atoms. The number of carbonyl (C=O) groups excluding carboxylic acids is 4. The van der Waals surface area contributed by atoms with Gasteiger partial charge in [-0.05, 0) is 30.7 Å². The summed E-state index contributed by atoms with van der Waals surface area (Å²) in [6.07, 6.45) is 0.477. The molecule has 1 aromatic carbocycles. The number of halogens is 1. The van der Waals surface area contributed by atoms with Gasteiger partial charge in [-0.15, -0.1) is 0 Å². The third-order valence-electron chi connectivity index (χ3n) is 4.79. The number of benzene rings is 1. The molecule has 0 bridgehead atoms. The largest absolute Gasteiger partial charge is 0.457 e.